The van der Waals surface area contributed by atoms with Crippen LogP contribution in [0.2, 0.25) is 0 Å². The molecule has 7 nitrogen and oxygen atoms in total. The molecule has 1 saturated heterocycles. The third-order valence-electron chi connectivity index (χ3n) is 5.97. The maximum Gasteiger partial charge on any atom is 0.254 e. The van der Waals surface area contributed by atoms with E-state index in [0.717, 1.165) is 35.6 Å². The predicted octanol–water partition coefficient (Wildman–Crippen LogP) is 2.71. The molecule has 1 fully saturated rings. The number of hydrogen-bond donors (Lipinski definition) is 1. The van der Waals surface area contributed by atoms with Crippen LogP contribution in [-0.4, -0.2) is 62.7 Å². The molecule has 1 aromatic rings. The number of unbranched alkanes of at least 4 members (excludes halogenated alkanes) is 1. The van der Waals surface area contributed by atoms with Crippen LogP contribution in [0.1, 0.15) is 61.0 Å². The summed E-state index contributed by atoms with van der Waals surface area (Å²) in [6.45, 7) is 8.61. The number of likely N-dealkylation sites (tertiary alicyclic amines) is 1. The summed E-state index contributed by atoms with van der Waals surface area (Å²) in [7, 11) is -0.710. The Labute approximate surface area is 180 Å². The van der Waals surface area contributed by atoms with E-state index in [1.54, 1.807) is 17.9 Å². The first-order valence-electron chi connectivity index (χ1n) is 10.6. The molecule has 2 amide bonds. The van der Waals surface area contributed by atoms with Crippen molar-refractivity contribution in [2.45, 2.75) is 64.3 Å². The number of benzene rings is 1. The Hall–Kier alpha value is -1.93. The fourth-order valence-corrected chi connectivity index (χ4v) is 4.93. The minimum atomic E-state index is -3.67. The first-order valence-corrected chi connectivity index (χ1v) is 12.1. The summed E-state index contributed by atoms with van der Waals surface area (Å²) in [4.78, 5) is 27.7. The van der Waals surface area contributed by atoms with Crippen molar-refractivity contribution in [3.8, 4) is 0 Å². The maximum atomic E-state index is 13.3. The lowest BCUT2D eigenvalue weighted by Crippen LogP contribution is -2.49. The van der Waals surface area contributed by atoms with E-state index < -0.39 is 10.0 Å². The number of nitrogens with one attached hydrogen (secondary N) is 1. The average Bonchev–Trinajstić information content (AvgIpc) is 2.69. The standard InChI is InChI=1S/C22H35N3O4S/c1-7-8-11-23-21(26)18-10-9-16(3)25(14-18)22(27)19-12-15(2)17(4)20(13-19)30(28,29)24(5)6/h12-13,16,18H,7-11,14H2,1-6H3,(H,23,26)/t16-,18+/m1/s1. The van der Waals surface area contributed by atoms with Gasteiger partial charge in [0, 0.05) is 38.8 Å². The molecule has 1 aliphatic heterocycles. The molecule has 0 unspecified atom stereocenters. The molecule has 1 aromatic carbocycles. The summed E-state index contributed by atoms with van der Waals surface area (Å²) in [5.41, 5.74) is 1.73. The number of sulfonamides is 1. The first kappa shape index (κ1) is 24.3. The summed E-state index contributed by atoms with van der Waals surface area (Å²) in [6.07, 6.45) is 3.43. The van der Waals surface area contributed by atoms with E-state index in [1.807, 2.05) is 13.8 Å². The number of amides is 2. The van der Waals surface area contributed by atoms with Crippen LogP contribution in [0.15, 0.2) is 17.0 Å². The highest BCUT2D eigenvalue weighted by Crippen LogP contribution is 2.27. The molecule has 1 heterocycles. The fourth-order valence-electron chi connectivity index (χ4n) is 3.72. The van der Waals surface area contributed by atoms with Gasteiger partial charge < -0.3 is 10.2 Å². The van der Waals surface area contributed by atoms with E-state index in [4.69, 9.17) is 0 Å². The van der Waals surface area contributed by atoms with Gasteiger partial charge in [-0.2, -0.15) is 0 Å². The molecule has 2 rings (SSSR count). The van der Waals surface area contributed by atoms with E-state index in [0.29, 0.717) is 24.2 Å². The molecule has 168 valence electrons. The summed E-state index contributed by atoms with van der Waals surface area (Å²) in [5.74, 6) is -0.477. The molecule has 0 aromatic heterocycles. The summed E-state index contributed by atoms with van der Waals surface area (Å²) in [6, 6.07) is 3.20. The molecule has 8 heteroatoms. The molecule has 1 N–H and O–H groups in total. The van der Waals surface area contributed by atoms with Crippen molar-refractivity contribution in [2.24, 2.45) is 5.92 Å². The second-order valence-electron chi connectivity index (χ2n) is 8.43. The molecule has 0 aliphatic carbocycles. The van der Waals surface area contributed by atoms with Gasteiger partial charge in [0.15, 0.2) is 0 Å². The van der Waals surface area contributed by atoms with Crippen LogP contribution in [0.5, 0.6) is 0 Å². The lowest BCUT2D eigenvalue weighted by Gasteiger charge is -2.37. The van der Waals surface area contributed by atoms with Crippen molar-refractivity contribution in [3.63, 3.8) is 0 Å². The topological polar surface area (TPSA) is 86.8 Å². The third kappa shape index (κ3) is 5.21. The number of piperidine rings is 1. The number of aryl methyl sites for hydroxylation is 1. The average molecular weight is 438 g/mol. The highest BCUT2D eigenvalue weighted by molar-refractivity contribution is 7.89. The molecule has 30 heavy (non-hydrogen) atoms. The van der Waals surface area contributed by atoms with Crippen molar-refractivity contribution in [3.05, 3.63) is 28.8 Å². The monoisotopic (exact) mass is 437 g/mol. The van der Waals surface area contributed by atoms with E-state index in [2.05, 4.69) is 12.2 Å². The van der Waals surface area contributed by atoms with E-state index in [1.165, 1.54) is 20.2 Å². The third-order valence-corrected chi connectivity index (χ3v) is 7.91. The minimum absolute atomic E-state index is 0.00675. The Balaban J connectivity index is 2.30. The lowest BCUT2D eigenvalue weighted by molar-refractivity contribution is -0.126. The number of carbonyl (C=O) groups is 2. The van der Waals surface area contributed by atoms with Gasteiger partial charge in [-0.3, -0.25) is 9.59 Å². The molecular weight excluding hydrogens is 402 g/mol. The number of hydrogen-bond acceptors (Lipinski definition) is 4. The Bertz CT molecular complexity index is 896. The van der Waals surface area contributed by atoms with Crippen LogP contribution < -0.4 is 5.32 Å². The number of rotatable bonds is 7. The zero-order valence-corrected chi connectivity index (χ0v) is 19.8. The summed E-state index contributed by atoms with van der Waals surface area (Å²) >= 11 is 0. The van der Waals surface area contributed by atoms with Gasteiger partial charge in [-0.1, -0.05) is 13.3 Å². The van der Waals surface area contributed by atoms with Crippen molar-refractivity contribution in [1.82, 2.24) is 14.5 Å². The van der Waals surface area contributed by atoms with Crippen LogP contribution in [0.3, 0.4) is 0 Å². The normalized spacial score (nSPS) is 19.8. The van der Waals surface area contributed by atoms with Gasteiger partial charge in [-0.05, 0) is 63.3 Å². The van der Waals surface area contributed by atoms with Gasteiger partial charge in [0.05, 0.1) is 10.8 Å². The SMILES string of the molecule is CCCCNC(=O)[C@H]1CC[C@@H](C)N(C(=O)c2cc(C)c(C)c(S(=O)(=O)N(C)C)c2)C1. The molecule has 0 saturated carbocycles. The zero-order valence-electron chi connectivity index (χ0n) is 19.0. The van der Waals surface area contributed by atoms with Gasteiger partial charge in [0.1, 0.15) is 0 Å². The fraction of sp³-hybridized carbons (Fsp3) is 0.636. The Morgan fingerprint density at radius 2 is 1.87 bits per heavy atom. The highest BCUT2D eigenvalue weighted by atomic mass is 32.2. The molecule has 0 bridgehead atoms. The van der Waals surface area contributed by atoms with Gasteiger partial charge in [-0.25, -0.2) is 12.7 Å². The smallest absolute Gasteiger partial charge is 0.254 e. The van der Waals surface area contributed by atoms with Crippen molar-refractivity contribution in [1.29, 1.82) is 0 Å². The van der Waals surface area contributed by atoms with Crippen LogP contribution in [0, 0.1) is 19.8 Å². The highest BCUT2D eigenvalue weighted by Gasteiger charge is 2.34. The van der Waals surface area contributed by atoms with E-state index in [9.17, 15) is 18.0 Å². The van der Waals surface area contributed by atoms with Crippen molar-refractivity contribution in [2.75, 3.05) is 27.2 Å². The van der Waals surface area contributed by atoms with Gasteiger partial charge in [-0.15, -0.1) is 0 Å². The molecule has 0 radical (unpaired) electrons. The number of nitrogens with zero attached hydrogens (tertiary/aromatic N) is 2. The largest absolute Gasteiger partial charge is 0.356 e. The van der Waals surface area contributed by atoms with Crippen LogP contribution in [0.25, 0.3) is 0 Å². The molecule has 0 spiro atoms. The predicted molar refractivity (Wildman–Crippen MR) is 118 cm³/mol. The van der Waals surface area contributed by atoms with Gasteiger partial charge in [0.25, 0.3) is 5.91 Å². The first-order chi connectivity index (χ1) is 14.0. The van der Waals surface area contributed by atoms with Gasteiger partial charge in [0.2, 0.25) is 15.9 Å². The van der Waals surface area contributed by atoms with Crippen LogP contribution >= 0.6 is 0 Å². The Morgan fingerprint density at radius 1 is 1.20 bits per heavy atom. The lowest BCUT2D eigenvalue weighted by atomic mass is 9.91. The van der Waals surface area contributed by atoms with E-state index >= 15 is 0 Å². The number of carbonyl (C=O) groups excluding carboxylic acids is 2. The van der Waals surface area contributed by atoms with Crippen molar-refractivity contribution < 1.29 is 18.0 Å². The second kappa shape index (κ2) is 9.92. The maximum absolute atomic E-state index is 13.3. The van der Waals surface area contributed by atoms with Crippen molar-refractivity contribution >= 4 is 21.8 Å². The Morgan fingerprint density at radius 3 is 2.47 bits per heavy atom. The minimum Gasteiger partial charge on any atom is -0.356 e. The van der Waals surface area contributed by atoms with E-state index in [-0.39, 0.29) is 28.7 Å². The Kier molecular flexibility index (Phi) is 8.05. The van der Waals surface area contributed by atoms with Gasteiger partial charge >= 0.3 is 0 Å². The molecule has 1 aliphatic rings. The quantitative estimate of drug-likeness (QED) is 0.665. The van der Waals surface area contributed by atoms with Crippen LogP contribution in [-0.2, 0) is 14.8 Å². The molecular formula is C22H35N3O4S. The second-order valence-corrected chi connectivity index (χ2v) is 10.5. The molecule has 2 atom stereocenters. The summed E-state index contributed by atoms with van der Waals surface area (Å²) < 4.78 is 26.6. The summed E-state index contributed by atoms with van der Waals surface area (Å²) in [5, 5.41) is 2.96. The van der Waals surface area contributed by atoms with Crippen LogP contribution in [0.4, 0.5) is 0 Å². The zero-order chi connectivity index (χ0) is 22.6.